The molecule has 1 amide bonds. The van der Waals surface area contributed by atoms with Gasteiger partial charge in [0.05, 0.1) is 6.54 Å². The van der Waals surface area contributed by atoms with E-state index in [9.17, 15) is 4.79 Å². The van der Waals surface area contributed by atoms with Crippen LogP contribution in [0.3, 0.4) is 0 Å². The lowest BCUT2D eigenvalue weighted by atomic mass is 9.99. The number of amides is 1. The minimum atomic E-state index is -0.363. The molecule has 6 nitrogen and oxygen atoms in total. The summed E-state index contributed by atoms with van der Waals surface area (Å²) in [6, 6.07) is 0. The molecule has 0 unspecified atom stereocenters. The molecule has 1 aromatic heterocycles. The van der Waals surface area contributed by atoms with Crippen LogP contribution >= 0.6 is 0 Å². The first-order chi connectivity index (χ1) is 9.29. The minimum Gasteiger partial charge on any atom is -0.424 e. The average Bonchev–Trinajstić information content (AvgIpc) is 2.93. The highest BCUT2D eigenvalue weighted by molar-refractivity contribution is 5.82. The highest BCUT2D eigenvalue weighted by atomic mass is 16.5. The van der Waals surface area contributed by atoms with E-state index in [2.05, 4.69) is 10.2 Å². The van der Waals surface area contributed by atoms with Gasteiger partial charge in [-0.1, -0.05) is 6.92 Å². The van der Waals surface area contributed by atoms with E-state index < -0.39 is 0 Å². The zero-order chi connectivity index (χ0) is 14.9. The third kappa shape index (κ3) is 3.17. The van der Waals surface area contributed by atoms with Crippen LogP contribution in [0, 0.1) is 12.8 Å². The van der Waals surface area contributed by atoms with E-state index in [0.717, 1.165) is 6.42 Å². The summed E-state index contributed by atoms with van der Waals surface area (Å²) in [6.07, 6.45) is 0.562. The summed E-state index contributed by atoms with van der Waals surface area (Å²) in [6.45, 7) is 10.7. The Bertz CT molecular complexity index is 478. The summed E-state index contributed by atoms with van der Waals surface area (Å²) in [7, 11) is 0. The normalized spacial score (nSPS) is 23.1. The molecule has 1 aromatic rings. The van der Waals surface area contributed by atoms with Gasteiger partial charge in [0.15, 0.2) is 0 Å². The molecule has 2 atom stereocenters. The fourth-order valence-corrected chi connectivity index (χ4v) is 2.35. The number of carbonyl (C=O) groups excluding carboxylic acids is 1. The van der Waals surface area contributed by atoms with Crippen LogP contribution in [0.4, 0.5) is 0 Å². The first kappa shape index (κ1) is 15.0. The molecule has 0 spiro atoms. The number of hydrogen-bond acceptors (Lipinski definition) is 5. The zero-order valence-electron chi connectivity index (χ0n) is 12.8. The van der Waals surface area contributed by atoms with Gasteiger partial charge in [-0.2, -0.15) is 0 Å². The number of nitrogens with zero attached hydrogens (tertiary/aromatic N) is 3. The van der Waals surface area contributed by atoms with Gasteiger partial charge in [-0.05, 0) is 33.1 Å². The van der Waals surface area contributed by atoms with Crippen LogP contribution in [0.15, 0.2) is 4.42 Å². The summed E-state index contributed by atoms with van der Waals surface area (Å²) in [5.74, 6) is 1.21. The summed E-state index contributed by atoms with van der Waals surface area (Å²) in [5, 5.41) is 7.78. The molecule has 0 bridgehead atoms. The van der Waals surface area contributed by atoms with Gasteiger partial charge in [-0.25, -0.2) is 0 Å². The molecule has 1 saturated heterocycles. The lowest BCUT2D eigenvalue weighted by molar-refractivity contribution is -0.148. The van der Waals surface area contributed by atoms with E-state index in [1.165, 1.54) is 0 Å². The summed E-state index contributed by atoms with van der Waals surface area (Å²) >= 11 is 0. The molecular formula is C14H23N3O3. The topological polar surface area (TPSA) is 68.5 Å². The SMILES string of the molecule is Cc1nnc(CN(C(=O)[C@H]2OCC[C@H]2C)C(C)(C)C)o1. The van der Waals surface area contributed by atoms with Gasteiger partial charge < -0.3 is 14.1 Å². The smallest absolute Gasteiger partial charge is 0.252 e. The number of ether oxygens (including phenoxy) is 1. The standard InChI is InChI=1S/C14H23N3O3/c1-9-6-7-19-12(9)13(18)17(14(3,4)5)8-11-16-15-10(2)20-11/h9,12H,6-8H2,1-5H3/t9-,12+/m1/s1. The van der Waals surface area contributed by atoms with E-state index in [4.69, 9.17) is 9.15 Å². The number of aryl methyl sites for hydroxylation is 1. The van der Waals surface area contributed by atoms with Crippen LogP contribution in [0.1, 0.15) is 45.9 Å². The lowest BCUT2D eigenvalue weighted by Gasteiger charge is -2.36. The van der Waals surface area contributed by atoms with Gasteiger partial charge >= 0.3 is 0 Å². The van der Waals surface area contributed by atoms with Gasteiger partial charge in [-0.3, -0.25) is 4.79 Å². The highest BCUT2D eigenvalue weighted by Crippen LogP contribution is 2.26. The Kier molecular flexibility index (Phi) is 4.13. The predicted molar refractivity (Wildman–Crippen MR) is 72.9 cm³/mol. The Morgan fingerprint density at radius 2 is 2.10 bits per heavy atom. The molecule has 0 radical (unpaired) electrons. The van der Waals surface area contributed by atoms with Crippen molar-refractivity contribution in [2.24, 2.45) is 5.92 Å². The van der Waals surface area contributed by atoms with Crippen LogP contribution in [-0.2, 0) is 16.1 Å². The minimum absolute atomic E-state index is 0.00152. The maximum absolute atomic E-state index is 12.7. The molecule has 112 valence electrons. The Morgan fingerprint density at radius 3 is 2.55 bits per heavy atom. The first-order valence-corrected chi connectivity index (χ1v) is 7.01. The van der Waals surface area contributed by atoms with Crippen molar-refractivity contribution in [3.63, 3.8) is 0 Å². The molecule has 0 aliphatic carbocycles. The van der Waals surface area contributed by atoms with Crippen molar-refractivity contribution >= 4 is 5.91 Å². The third-order valence-corrected chi connectivity index (χ3v) is 3.57. The molecule has 1 fully saturated rings. The van der Waals surface area contributed by atoms with E-state index in [-0.39, 0.29) is 23.5 Å². The second-order valence-corrected chi connectivity index (χ2v) is 6.37. The van der Waals surface area contributed by atoms with E-state index in [1.807, 2.05) is 27.7 Å². The highest BCUT2D eigenvalue weighted by Gasteiger charge is 2.38. The predicted octanol–water partition coefficient (Wildman–Crippen LogP) is 1.93. The molecular weight excluding hydrogens is 258 g/mol. The first-order valence-electron chi connectivity index (χ1n) is 7.01. The monoisotopic (exact) mass is 281 g/mol. The maximum Gasteiger partial charge on any atom is 0.252 e. The zero-order valence-corrected chi connectivity index (χ0v) is 12.8. The van der Waals surface area contributed by atoms with E-state index in [0.29, 0.717) is 24.9 Å². The van der Waals surface area contributed by atoms with Crippen LogP contribution in [-0.4, -0.2) is 39.3 Å². The van der Waals surface area contributed by atoms with Gasteiger partial charge in [0.25, 0.3) is 5.91 Å². The largest absolute Gasteiger partial charge is 0.424 e. The molecule has 0 saturated carbocycles. The van der Waals surface area contributed by atoms with Crippen molar-refractivity contribution in [3.8, 4) is 0 Å². The van der Waals surface area contributed by atoms with Crippen molar-refractivity contribution in [1.82, 2.24) is 15.1 Å². The molecule has 2 heterocycles. The Morgan fingerprint density at radius 1 is 1.40 bits per heavy atom. The molecule has 0 N–H and O–H groups in total. The van der Waals surface area contributed by atoms with Crippen molar-refractivity contribution in [3.05, 3.63) is 11.8 Å². The third-order valence-electron chi connectivity index (χ3n) is 3.57. The van der Waals surface area contributed by atoms with Crippen LogP contribution in [0.5, 0.6) is 0 Å². The second kappa shape index (κ2) is 5.52. The summed E-state index contributed by atoms with van der Waals surface area (Å²) in [4.78, 5) is 14.5. The second-order valence-electron chi connectivity index (χ2n) is 6.37. The van der Waals surface area contributed by atoms with Crippen molar-refractivity contribution in [2.75, 3.05) is 6.61 Å². The number of hydrogen-bond donors (Lipinski definition) is 0. The summed E-state index contributed by atoms with van der Waals surface area (Å²) in [5.41, 5.74) is -0.328. The lowest BCUT2D eigenvalue weighted by Crippen LogP contribution is -2.50. The van der Waals surface area contributed by atoms with Crippen molar-refractivity contribution in [2.45, 2.75) is 59.2 Å². The Hall–Kier alpha value is -1.43. The molecule has 20 heavy (non-hydrogen) atoms. The van der Waals surface area contributed by atoms with Gasteiger partial charge in [0, 0.05) is 19.1 Å². The average molecular weight is 281 g/mol. The quantitative estimate of drug-likeness (QED) is 0.846. The number of carbonyl (C=O) groups is 1. The number of aromatic nitrogens is 2. The molecule has 2 rings (SSSR count). The van der Waals surface area contributed by atoms with Crippen LogP contribution in [0.25, 0.3) is 0 Å². The molecule has 0 aromatic carbocycles. The van der Waals surface area contributed by atoms with Crippen LogP contribution in [0.2, 0.25) is 0 Å². The van der Waals surface area contributed by atoms with E-state index >= 15 is 0 Å². The van der Waals surface area contributed by atoms with E-state index in [1.54, 1.807) is 11.8 Å². The van der Waals surface area contributed by atoms with Gasteiger partial charge in [0.2, 0.25) is 11.8 Å². The molecule has 1 aliphatic heterocycles. The Labute approximate surface area is 119 Å². The molecule has 1 aliphatic rings. The van der Waals surface area contributed by atoms with Gasteiger partial charge in [-0.15, -0.1) is 10.2 Å². The van der Waals surface area contributed by atoms with Crippen LogP contribution < -0.4 is 0 Å². The van der Waals surface area contributed by atoms with Gasteiger partial charge in [0.1, 0.15) is 6.10 Å². The maximum atomic E-state index is 12.7. The fraction of sp³-hybridized carbons (Fsp3) is 0.786. The molecule has 6 heteroatoms. The number of rotatable bonds is 3. The van der Waals surface area contributed by atoms with Crippen molar-refractivity contribution in [1.29, 1.82) is 0 Å². The van der Waals surface area contributed by atoms with Crippen molar-refractivity contribution < 1.29 is 13.9 Å². The fourth-order valence-electron chi connectivity index (χ4n) is 2.35. The summed E-state index contributed by atoms with van der Waals surface area (Å²) < 4.78 is 11.0. The Balaban J connectivity index is 2.17.